The van der Waals surface area contributed by atoms with E-state index in [2.05, 4.69) is 20.2 Å². The Labute approximate surface area is 166 Å². The molecule has 0 aromatic heterocycles. The first-order chi connectivity index (χ1) is 13.5. The van der Waals surface area contributed by atoms with Gasteiger partial charge in [-0.15, -0.1) is 0 Å². The van der Waals surface area contributed by atoms with Crippen molar-refractivity contribution in [2.45, 2.75) is 19.1 Å². The summed E-state index contributed by atoms with van der Waals surface area (Å²) >= 11 is 5.90. The number of hydrogen-bond donors (Lipinski definition) is 2. The van der Waals surface area contributed by atoms with Gasteiger partial charge in [0.1, 0.15) is 11.6 Å². The molecule has 9 heteroatoms. The van der Waals surface area contributed by atoms with Gasteiger partial charge in [0, 0.05) is 24.5 Å². The van der Waals surface area contributed by atoms with E-state index in [4.69, 9.17) is 17.3 Å². The van der Waals surface area contributed by atoms with Crippen molar-refractivity contribution in [2.24, 2.45) is 15.7 Å². The van der Waals surface area contributed by atoms with Crippen molar-refractivity contribution in [1.82, 2.24) is 4.90 Å². The minimum atomic E-state index is -0.653. The Balaban J connectivity index is 1.72. The van der Waals surface area contributed by atoms with Crippen LogP contribution in [0.25, 0.3) is 0 Å². The minimum absolute atomic E-state index is 0.000438. The van der Waals surface area contributed by atoms with Crippen molar-refractivity contribution in [3.8, 4) is 0 Å². The third kappa shape index (κ3) is 3.73. The van der Waals surface area contributed by atoms with Gasteiger partial charge >= 0.3 is 0 Å². The first-order valence-corrected chi connectivity index (χ1v) is 9.32. The lowest BCUT2D eigenvalue weighted by molar-refractivity contribution is 0.497. The highest BCUT2D eigenvalue weighted by Gasteiger charge is 2.32. The molecule has 4 rings (SSSR count). The number of nitrogens with two attached hydrogens (primary N) is 1. The van der Waals surface area contributed by atoms with E-state index in [1.807, 2.05) is 4.90 Å². The molecule has 1 unspecified atom stereocenters. The van der Waals surface area contributed by atoms with Crippen molar-refractivity contribution >= 4 is 34.9 Å². The molecule has 3 N–H and O–H groups in total. The highest BCUT2D eigenvalue weighted by molar-refractivity contribution is 6.31. The summed E-state index contributed by atoms with van der Waals surface area (Å²) in [5.74, 6) is -0.0693. The number of halogens is 3. The lowest BCUT2D eigenvalue weighted by Gasteiger charge is -2.38. The fourth-order valence-electron chi connectivity index (χ4n) is 3.31. The van der Waals surface area contributed by atoms with Crippen LogP contribution < -0.4 is 16.0 Å². The van der Waals surface area contributed by atoms with Gasteiger partial charge in [-0.3, -0.25) is 4.90 Å². The maximum atomic E-state index is 13.5. The van der Waals surface area contributed by atoms with E-state index in [9.17, 15) is 8.78 Å². The fraction of sp³-hybridized carbons (Fsp3) is 0.263. The lowest BCUT2D eigenvalue weighted by Crippen LogP contribution is -2.54. The second kappa shape index (κ2) is 7.63. The smallest absolute Gasteiger partial charge is 0.222 e. The zero-order valence-electron chi connectivity index (χ0n) is 14.9. The van der Waals surface area contributed by atoms with Crippen LogP contribution in [0, 0.1) is 11.6 Å². The van der Waals surface area contributed by atoms with Gasteiger partial charge in [0.15, 0.2) is 0 Å². The summed E-state index contributed by atoms with van der Waals surface area (Å²) in [7, 11) is 0. The van der Waals surface area contributed by atoms with Gasteiger partial charge in [-0.05, 0) is 55.3 Å². The maximum Gasteiger partial charge on any atom is 0.222 e. The molecule has 2 aliphatic rings. The number of rotatable bonds is 3. The highest BCUT2D eigenvalue weighted by Crippen LogP contribution is 2.27. The summed E-state index contributed by atoms with van der Waals surface area (Å²) in [4.78, 5) is 12.8. The van der Waals surface area contributed by atoms with Gasteiger partial charge in [0.2, 0.25) is 18.2 Å². The number of guanidine groups is 2. The number of benzene rings is 2. The number of nitrogens with zero attached hydrogens (tertiary/aromatic N) is 4. The molecule has 2 aromatic rings. The van der Waals surface area contributed by atoms with Gasteiger partial charge in [-0.2, -0.15) is 4.99 Å². The Morgan fingerprint density at radius 1 is 1.07 bits per heavy atom. The van der Waals surface area contributed by atoms with Gasteiger partial charge in [-0.25, -0.2) is 13.8 Å². The molecule has 0 amide bonds. The molecule has 0 aliphatic carbocycles. The van der Waals surface area contributed by atoms with Gasteiger partial charge in [-0.1, -0.05) is 11.6 Å². The Hall–Kier alpha value is -2.87. The molecule has 28 heavy (non-hydrogen) atoms. The minimum Gasteiger partial charge on any atom is -0.368 e. The second-order valence-corrected chi connectivity index (χ2v) is 6.99. The summed E-state index contributed by atoms with van der Waals surface area (Å²) in [6.45, 7) is 1.69. The maximum absolute atomic E-state index is 13.5. The molecule has 0 saturated carbocycles. The monoisotopic (exact) mass is 404 g/mol. The van der Waals surface area contributed by atoms with Crippen molar-refractivity contribution < 1.29 is 8.78 Å². The van der Waals surface area contributed by atoms with Crippen molar-refractivity contribution in [2.75, 3.05) is 23.3 Å². The van der Waals surface area contributed by atoms with Crippen LogP contribution in [0.1, 0.15) is 12.8 Å². The number of hydrogen-bond acceptors (Lipinski definition) is 6. The van der Waals surface area contributed by atoms with Crippen LogP contribution in [-0.2, 0) is 0 Å². The standard InChI is InChI=1S/C19H19ClF2N6/c20-15-11-13(5-8-16(15)22)24-18-25-17(23)26-19(27-9-1-2-10-27)28(18)14-6-3-12(21)4-7-14/h3-8,11,18,24H,1-2,9-10H2,(H2,23,25). The molecule has 1 atom stereocenters. The first-order valence-electron chi connectivity index (χ1n) is 8.94. The molecule has 0 spiro atoms. The van der Waals surface area contributed by atoms with E-state index < -0.39 is 12.1 Å². The van der Waals surface area contributed by atoms with E-state index in [0.717, 1.165) is 25.9 Å². The summed E-state index contributed by atoms with van der Waals surface area (Å²) in [5, 5.41) is 3.20. The topological polar surface area (TPSA) is 69.2 Å². The van der Waals surface area contributed by atoms with Gasteiger partial charge in [0.05, 0.1) is 5.02 Å². The van der Waals surface area contributed by atoms with Crippen LogP contribution in [0.5, 0.6) is 0 Å². The molecule has 1 fully saturated rings. The number of aliphatic imine (C=N–C) groups is 2. The third-order valence-electron chi connectivity index (χ3n) is 4.64. The highest BCUT2D eigenvalue weighted by atomic mass is 35.5. The second-order valence-electron chi connectivity index (χ2n) is 6.59. The number of likely N-dealkylation sites (tertiary alicyclic amines) is 1. The average Bonchev–Trinajstić information content (AvgIpc) is 3.20. The molecule has 146 valence electrons. The first kappa shape index (κ1) is 18.5. The zero-order valence-corrected chi connectivity index (χ0v) is 15.7. The van der Waals surface area contributed by atoms with Crippen LogP contribution >= 0.6 is 11.6 Å². The predicted octanol–water partition coefficient (Wildman–Crippen LogP) is 3.60. The van der Waals surface area contributed by atoms with Crippen molar-refractivity contribution in [1.29, 1.82) is 0 Å². The Bertz CT molecular complexity index is 925. The Kier molecular flexibility index (Phi) is 5.04. The van der Waals surface area contributed by atoms with Crippen LogP contribution in [0.15, 0.2) is 52.4 Å². The molecular weight excluding hydrogens is 386 g/mol. The lowest BCUT2D eigenvalue weighted by atomic mass is 10.2. The molecular formula is C19H19ClF2N6. The third-order valence-corrected chi connectivity index (χ3v) is 4.93. The molecule has 0 bridgehead atoms. The van der Waals surface area contributed by atoms with Crippen LogP contribution in [0.3, 0.4) is 0 Å². The van der Waals surface area contributed by atoms with Crippen LogP contribution in [0.4, 0.5) is 20.2 Å². The summed E-state index contributed by atoms with van der Waals surface area (Å²) < 4.78 is 27.0. The van der Waals surface area contributed by atoms with Crippen LogP contribution in [0.2, 0.25) is 5.02 Å². The van der Waals surface area contributed by atoms with E-state index >= 15 is 0 Å². The van der Waals surface area contributed by atoms with Crippen molar-refractivity contribution in [3.05, 3.63) is 59.1 Å². The molecule has 0 radical (unpaired) electrons. The van der Waals surface area contributed by atoms with Crippen LogP contribution in [-0.4, -0.2) is 36.2 Å². The van der Waals surface area contributed by atoms with E-state index in [1.54, 1.807) is 18.2 Å². The van der Waals surface area contributed by atoms with E-state index in [1.165, 1.54) is 24.3 Å². The average molecular weight is 405 g/mol. The quantitative estimate of drug-likeness (QED) is 0.820. The molecule has 1 saturated heterocycles. The summed E-state index contributed by atoms with van der Waals surface area (Å²) in [5.41, 5.74) is 7.25. The fourth-order valence-corrected chi connectivity index (χ4v) is 3.49. The molecule has 2 aliphatic heterocycles. The summed E-state index contributed by atoms with van der Waals surface area (Å²) in [6, 6.07) is 10.4. The summed E-state index contributed by atoms with van der Waals surface area (Å²) in [6.07, 6.45) is 1.46. The largest absolute Gasteiger partial charge is 0.368 e. The number of anilines is 2. The molecule has 2 aromatic carbocycles. The predicted molar refractivity (Wildman–Crippen MR) is 108 cm³/mol. The van der Waals surface area contributed by atoms with Gasteiger partial charge < -0.3 is 16.0 Å². The Morgan fingerprint density at radius 2 is 1.79 bits per heavy atom. The normalized spacial score (nSPS) is 19.5. The number of nitrogens with one attached hydrogen (secondary N) is 1. The Morgan fingerprint density at radius 3 is 2.46 bits per heavy atom. The van der Waals surface area contributed by atoms with E-state index in [0.29, 0.717) is 17.3 Å². The SMILES string of the molecule is NC1=NC(Nc2ccc(F)c(Cl)c2)N(c2ccc(F)cc2)C(N2CCCC2)=N1. The molecule has 2 heterocycles. The van der Waals surface area contributed by atoms with Gasteiger partial charge in [0.25, 0.3) is 0 Å². The molecule has 6 nitrogen and oxygen atoms in total. The van der Waals surface area contributed by atoms with Crippen molar-refractivity contribution in [3.63, 3.8) is 0 Å². The zero-order chi connectivity index (χ0) is 19.7. The van der Waals surface area contributed by atoms with E-state index in [-0.39, 0.29) is 16.8 Å².